The molecule has 0 aromatic carbocycles. The Bertz CT molecular complexity index is 647. The van der Waals surface area contributed by atoms with Crippen molar-refractivity contribution in [1.82, 2.24) is 9.78 Å². The van der Waals surface area contributed by atoms with Crippen molar-refractivity contribution in [2.24, 2.45) is 0 Å². The van der Waals surface area contributed by atoms with Crippen LogP contribution in [0.15, 0.2) is 17.6 Å². The Morgan fingerprint density at radius 3 is 2.95 bits per heavy atom. The number of nitrogens with zero attached hydrogens (tertiary/aromatic N) is 2. The first kappa shape index (κ1) is 14.1. The van der Waals surface area contributed by atoms with Gasteiger partial charge in [-0.05, 0) is 18.4 Å². The van der Waals surface area contributed by atoms with Crippen LogP contribution in [-0.2, 0) is 11.3 Å². The minimum absolute atomic E-state index is 0.273. The molecular weight excluding hydrogens is 280 g/mol. The third-order valence-corrected chi connectivity index (χ3v) is 3.56. The van der Waals surface area contributed by atoms with Gasteiger partial charge in [-0.15, -0.1) is 11.3 Å². The van der Waals surface area contributed by atoms with E-state index < -0.39 is 11.9 Å². The summed E-state index contributed by atoms with van der Waals surface area (Å²) in [5, 5.41) is 8.35. The number of hydrogen-bond donors (Lipinski definition) is 2. The second-order valence-electron chi connectivity index (χ2n) is 3.87. The first-order chi connectivity index (χ1) is 9.58. The number of carbonyl (C=O) groups excluding carboxylic acids is 2. The highest BCUT2D eigenvalue weighted by molar-refractivity contribution is 7.12. The van der Waals surface area contributed by atoms with Gasteiger partial charge in [-0.2, -0.15) is 5.10 Å². The molecule has 0 spiro atoms. The summed E-state index contributed by atoms with van der Waals surface area (Å²) in [6, 6.07) is 1.64. The zero-order valence-electron chi connectivity index (χ0n) is 11.0. The van der Waals surface area contributed by atoms with Crippen molar-refractivity contribution in [2.45, 2.75) is 13.5 Å². The lowest BCUT2D eigenvalue weighted by molar-refractivity contribution is 0.0607. The Hall–Kier alpha value is -2.35. The number of aromatic nitrogens is 2. The molecule has 106 valence electrons. The fraction of sp³-hybridized carbons (Fsp3) is 0.250. The summed E-state index contributed by atoms with van der Waals surface area (Å²) in [7, 11) is 1.29. The number of amides is 1. The van der Waals surface area contributed by atoms with E-state index in [1.807, 2.05) is 6.92 Å². The molecule has 0 unspecified atom stereocenters. The van der Waals surface area contributed by atoms with Crippen LogP contribution in [0.2, 0.25) is 0 Å². The fourth-order valence-electron chi connectivity index (χ4n) is 1.73. The number of rotatable bonds is 4. The minimum atomic E-state index is -0.493. The van der Waals surface area contributed by atoms with E-state index in [1.165, 1.54) is 29.3 Å². The van der Waals surface area contributed by atoms with E-state index in [4.69, 9.17) is 5.73 Å². The second kappa shape index (κ2) is 5.74. The molecule has 0 radical (unpaired) electrons. The van der Waals surface area contributed by atoms with Gasteiger partial charge >= 0.3 is 5.97 Å². The van der Waals surface area contributed by atoms with Crippen molar-refractivity contribution in [3.05, 3.63) is 28.2 Å². The van der Waals surface area contributed by atoms with Crippen LogP contribution in [0.25, 0.3) is 0 Å². The Morgan fingerprint density at radius 1 is 1.55 bits per heavy atom. The molecule has 8 heteroatoms. The third kappa shape index (κ3) is 2.50. The first-order valence-electron chi connectivity index (χ1n) is 5.86. The number of hydrogen-bond acceptors (Lipinski definition) is 6. The standard InChI is InChI=1S/C12H14N4O3S/c1-3-16-9(7(13)6-14-16)11(17)15-8-4-5-20-10(8)12(18)19-2/h4-6H,3,13H2,1-2H3,(H,15,17). The molecule has 0 aliphatic carbocycles. The lowest BCUT2D eigenvalue weighted by Gasteiger charge is -2.07. The summed E-state index contributed by atoms with van der Waals surface area (Å²) in [4.78, 5) is 24.1. The van der Waals surface area contributed by atoms with E-state index in [0.29, 0.717) is 22.8 Å². The SMILES string of the molecule is CCn1ncc(N)c1C(=O)Nc1ccsc1C(=O)OC. The fourth-order valence-corrected chi connectivity index (χ4v) is 2.49. The molecular formula is C12H14N4O3S. The number of carbonyl (C=O) groups is 2. The molecule has 2 aromatic rings. The molecule has 2 aromatic heterocycles. The molecule has 2 heterocycles. The predicted octanol–water partition coefficient (Wildman–Crippen LogP) is 1.59. The van der Waals surface area contributed by atoms with Crippen molar-refractivity contribution < 1.29 is 14.3 Å². The molecule has 0 aliphatic heterocycles. The number of ether oxygens (including phenoxy) is 1. The molecule has 0 fully saturated rings. The van der Waals surface area contributed by atoms with Crippen LogP contribution in [0.5, 0.6) is 0 Å². The van der Waals surface area contributed by atoms with E-state index >= 15 is 0 Å². The van der Waals surface area contributed by atoms with Crippen molar-refractivity contribution in [3.8, 4) is 0 Å². The van der Waals surface area contributed by atoms with Crippen LogP contribution >= 0.6 is 11.3 Å². The quantitative estimate of drug-likeness (QED) is 0.834. The van der Waals surface area contributed by atoms with Crippen LogP contribution in [0.4, 0.5) is 11.4 Å². The summed E-state index contributed by atoms with van der Waals surface area (Å²) in [5.41, 5.74) is 6.70. The molecule has 0 atom stereocenters. The van der Waals surface area contributed by atoms with Gasteiger partial charge in [0.05, 0.1) is 24.7 Å². The molecule has 3 N–H and O–H groups in total. The van der Waals surface area contributed by atoms with Crippen molar-refractivity contribution in [1.29, 1.82) is 0 Å². The van der Waals surface area contributed by atoms with Gasteiger partial charge in [0.25, 0.3) is 5.91 Å². The Labute approximate surface area is 119 Å². The van der Waals surface area contributed by atoms with Gasteiger partial charge < -0.3 is 15.8 Å². The molecule has 7 nitrogen and oxygen atoms in total. The van der Waals surface area contributed by atoms with Crippen LogP contribution in [0, 0.1) is 0 Å². The average Bonchev–Trinajstić information content (AvgIpc) is 3.04. The average molecular weight is 294 g/mol. The van der Waals surface area contributed by atoms with Crippen LogP contribution in [0.1, 0.15) is 27.1 Å². The number of nitrogens with two attached hydrogens (primary N) is 1. The van der Waals surface area contributed by atoms with Gasteiger partial charge in [-0.25, -0.2) is 4.79 Å². The maximum atomic E-state index is 12.2. The summed E-state index contributed by atoms with van der Waals surface area (Å²) in [6.45, 7) is 2.38. The lowest BCUT2D eigenvalue weighted by Crippen LogP contribution is -2.19. The number of esters is 1. The molecule has 2 rings (SSSR count). The highest BCUT2D eigenvalue weighted by atomic mass is 32.1. The normalized spacial score (nSPS) is 10.3. The van der Waals surface area contributed by atoms with E-state index in [1.54, 1.807) is 11.4 Å². The monoisotopic (exact) mass is 294 g/mol. The first-order valence-corrected chi connectivity index (χ1v) is 6.74. The van der Waals surface area contributed by atoms with Crippen LogP contribution in [0.3, 0.4) is 0 Å². The molecule has 20 heavy (non-hydrogen) atoms. The van der Waals surface area contributed by atoms with E-state index in [0.717, 1.165) is 0 Å². The van der Waals surface area contributed by atoms with Gasteiger partial charge in [-0.3, -0.25) is 9.48 Å². The van der Waals surface area contributed by atoms with Crippen LogP contribution < -0.4 is 11.1 Å². The Morgan fingerprint density at radius 2 is 2.30 bits per heavy atom. The number of nitrogen functional groups attached to an aromatic ring is 1. The topological polar surface area (TPSA) is 99.2 Å². The van der Waals surface area contributed by atoms with Gasteiger partial charge in [0.15, 0.2) is 0 Å². The van der Waals surface area contributed by atoms with E-state index in [9.17, 15) is 9.59 Å². The summed E-state index contributed by atoms with van der Waals surface area (Å²) < 4.78 is 6.15. The van der Waals surface area contributed by atoms with Gasteiger partial charge in [0, 0.05) is 6.54 Å². The smallest absolute Gasteiger partial charge is 0.350 e. The summed E-state index contributed by atoms with van der Waals surface area (Å²) in [5.74, 6) is -0.905. The molecule has 0 bridgehead atoms. The van der Waals surface area contributed by atoms with Crippen LogP contribution in [-0.4, -0.2) is 28.8 Å². The molecule has 0 aliphatic rings. The maximum absolute atomic E-state index is 12.2. The Kier molecular flexibility index (Phi) is 4.04. The number of methoxy groups -OCH3 is 1. The summed E-state index contributed by atoms with van der Waals surface area (Å²) in [6.07, 6.45) is 1.42. The minimum Gasteiger partial charge on any atom is -0.465 e. The molecule has 0 saturated carbocycles. The number of thiophene rings is 1. The molecule has 0 saturated heterocycles. The highest BCUT2D eigenvalue weighted by Gasteiger charge is 2.20. The number of nitrogens with one attached hydrogen (secondary N) is 1. The predicted molar refractivity (Wildman–Crippen MR) is 75.9 cm³/mol. The van der Waals surface area contributed by atoms with Gasteiger partial charge in [0.1, 0.15) is 10.6 Å². The highest BCUT2D eigenvalue weighted by Crippen LogP contribution is 2.24. The molecule has 1 amide bonds. The lowest BCUT2D eigenvalue weighted by atomic mass is 10.3. The van der Waals surface area contributed by atoms with Gasteiger partial charge in [-0.1, -0.05) is 0 Å². The Balaban J connectivity index is 2.26. The second-order valence-corrected chi connectivity index (χ2v) is 4.79. The van der Waals surface area contributed by atoms with E-state index in [2.05, 4.69) is 15.2 Å². The maximum Gasteiger partial charge on any atom is 0.350 e. The van der Waals surface area contributed by atoms with Crippen molar-refractivity contribution in [2.75, 3.05) is 18.2 Å². The van der Waals surface area contributed by atoms with Crippen molar-refractivity contribution in [3.63, 3.8) is 0 Å². The van der Waals surface area contributed by atoms with E-state index in [-0.39, 0.29) is 5.69 Å². The third-order valence-electron chi connectivity index (χ3n) is 2.67. The zero-order valence-corrected chi connectivity index (χ0v) is 11.9. The summed E-state index contributed by atoms with van der Waals surface area (Å²) >= 11 is 1.19. The number of aryl methyl sites for hydroxylation is 1. The largest absolute Gasteiger partial charge is 0.465 e. The number of anilines is 2. The van der Waals surface area contributed by atoms with Crippen molar-refractivity contribution >= 4 is 34.6 Å². The van der Waals surface area contributed by atoms with Gasteiger partial charge in [0.2, 0.25) is 0 Å². The zero-order chi connectivity index (χ0) is 14.7.